The van der Waals surface area contributed by atoms with Crippen LogP contribution in [0.1, 0.15) is 51.3 Å². The summed E-state index contributed by atoms with van der Waals surface area (Å²) in [6.07, 6.45) is 0.0869. The Labute approximate surface area is 170 Å². The largest absolute Gasteiger partial charge is 0.466 e. The number of benzene rings is 2. The summed E-state index contributed by atoms with van der Waals surface area (Å²) < 4.78 is 26.3. The fourth-order valence-corrected chi connectivity index (χ4v) is 3.29. The minimum atomic E-state index is -1.33. The van der Waals surface area contributed by atoms with Crippen molar-refractivity contribution >= 4 is 17.0 Å². The average Bonchev–Trinajstić information content (AvgIpc) is 2.63. The lowest BCUT2D eigenvalue weighted by atomic mass is 10.0. The zero-order chi connectivity index (χ0) is 20.7. The first-order chi connectivity index (χ1) is 13.2. The fourth-order valence-electron chi connectivity index (χ4n) is 2.46. The first-order valence-corrected chi connectivity index (χ1v) is 10.5. The molecule has 6 heteroatoms. The zero-order valence-electron chi connectivity index (χ0n) is 17.2. The van der Waals surface area contributed by atoms with Crippen LogP contribution in [0.25, 0.3) is 0 Å². The molecular formula is C22H29NO4S. The van der Waals surface area contributed by atoms with Crippen molar-refractivity contribution in [2.75, 3.05) is 6.61 Å². The Morgan fingerprint density at radius 3 is 2.39 bits per heavy atom. The van der Waals surface area contributed by atoms with Crippen molar-refractivity contribution in [3.8, 4) is 11.5 Å². The maximum atomic E-state index is 12.6. The van der Waals surface area contributed by atoms with Crippen molar-refractivity contribution in [3.63, 3.8) is 0 Å². The monoisotopic (exact) mass is 403 g/mol. The summed E-state index contributed by atoms with van der Waals surface area (Å²) in [5.74, 6) is 1.05. The smallest absolute Gasteiger partial charge is 0.307 e. The maximum absolute atomic E-state index is 12.6. The van der Waals surface area contributed by atoms with Crippen molar-refractivity contribution in [1.29, 1.82) is 0 Å². The molecule has 0 bridgehead atoms. The Balaban J connectivity index is 2.24. The number of rotatable bonds is 8. The van der Waals surface area contributed by atoms with Crippen LogP contribution < -0.4 is 9.46 Å². The Kier molecular flexibility index (Phi) is 7.78. The Hall–Kier alpha value is -2.18. The van der Waals surface area contributed by atoms with Crippen LogP contribution in [0.2, 0.25) is 0 Å². The van der Waals surface area contributed by atoms with E-state index in [1.807, 2.05) is 76.2 Å². The summed E-state index contributed by atoms with van der Waals surface area (Å²) in [7, 11) is -1.33. The molecule has 0 unspecified atom stereocenters. The van der Waals surface area contributed by atoms with E-state index in [0.717, 1.165) is 16.9 Å². The number of hydrogen-bond donors (Lipinski definition) is 1. The van der Waals surface area contributed by atoms with E-state index in [9.17, 15) is 9.00 Å². The predicted molar refractivity (Wildman–Crippen MR) is 113 cm³/mol. The van der Waals surface area contributed by atoms with Gasteiger partial charge in [-0.25, -0.2) is 8.93 Å². The number of esters is 1. The molecular weight excluding hydrogens is 374 g/mol. The molecule has 5 nitrogen and oxygen atoms in total. The van der Waals surface area contributed by atoms with Crippen LogP contribution in [-0.2, 0) is 20.5 Å². The highest BCUT2D eigenvalue weighted by molar-refractivity contribution is 7.84. The topological polar surface area (TPSA) is 64.6 Å². The van der Waals surface area contributed by atoms with Gasteiger partial charge in [-0.05, 0) is 64.4 Å². The van der Waals surface area contributed by atoms with Crippen molar-refractivity contribution in [1.82, 2.24) is 4.72 Å². The van der Waals surface area contributed by atoms with Gasteiger partial charge in [0.25, 0.3) is 0 Å². The summed E-state index contributed by atoms with van der Waals surface area (Å²) >= 11 is 0. The van der Waals surface area contributed by atoms with E-state index in [0.29, 0.717) is 12.4 Å². The molecule has 0 aliphatic rings. The third-order valence-corrected chi connectivity index (χ3v) is 5.61. The van der Waals surface area contributed by atoms with Crippen molar-refractivity contribution in [2.24, 2.45) is 0 Å². The molecule has 0 heterocycles. The second-order valence-electron chi connectivity index (χ2n) is 7.55. The molecule has 0 amide bonds. The van der Waals surface area contributed by atoms with Gasteiger partial charge in [0.15, 0.2) is 0 Å². The van der Waals surface area contributed by atoms with Crippen LogP contribution in [0, 0.1) is 6.92 Å². The Bertz CT molecular complexity index is 812. The lowest BCUT2D eigenvalue weighted by Gasteiger charge is -2.24. The highest BCUT2D eigenvalue weighted by atomic mass is 32.2. The lowest BCUT2D eigenvalue weighted by Crippen LogP contribution is -2.36. The Morgan fingerprint density at radius 2 is 1.79 bits per heavy atom. The predicted octanol–water partition coefficient (Wildman–Crippen LogP) is 4.83. The van der Waals surface area contributed by atoms with Gasteiger partial charge in [-0.15, -0.1) is 0 Å². The molecule has 2 aromatic rings. The van der Waals surface area contributed by atoms with E-state index in [4.69, 9.17) is 9.47 Å². The normalized spacial score (nSPS) is 13.6. The van der Waals surface area contributed by atoms with Crippen LogP contribution in [0.4, 0.5) is 0 Å². The van der Waals surface area contributed by atoms with Gasteiger partial charge in [-0.2, -0.15) is 0 Å². The van der Waals surface area contributed by atoms with Gasteiger partial charge in [0.1, 0.15) is 11.5 Å². The molecule has 2 atom stereocenters. The quantitative estimate of drug-likeness (QED) is 0.641. The van der Waals surface area contributed by atoms with Crippen molar-refractivity contribution in [2.45, 2.75) is 51.8 Å². The number of hydrogen-bond acceptors (Lipinski definition) is 4. The van der Waals surface area contributed by atoms with Crippen molar-refractivity contribution < 1.29 is 18.5 Å². The summed E-state index contributed by atoms with van der Waals surface area (Å²) in [4.78, 5) is 12.1. The van der Waals surface area contributed by atoms with Gasteiger partial charge in [0, 0.05) is 0 Å². The first kappa shape index (κ1) is 22.1. The number of ether oxygens (including phenoxy) is 2. The number of nitrogens with one attached hydrogen (secondary N) is 1. The summed E-state index contributed by atoms with van der Waals surface area (Å²) in [5, 5.41) is 0. The Morgan fingerprint density at radius 1 is 1.11 bits per heavy atom. The van der Waals surface area contributed by atoms with Gasteiger partial charge in [-0.1, -0.05) is 29.8 Å². The molecule has 0 aliphatic heterocycles. The maximum Gasteiger partial charge on any atom is 0.307 e. The second-order valence-corrected chi connectivity index (χ2v) is 9.55. The van der Waals surface area contributed by atoms with Crippen LogP contribution in [0.3, 0.4) is 0 Å². The number of carbonyl (C=O) groups excluding carboxylic acids is 1. The second kappa shape index (κ2) is 9.85. The van der Waals surface area contributed by atoms with E-state index in [-0.39, 0.29) is 12.4 Å². The van der Waals surface area contributed by atoms with Crippen LogP contribution in [-0.4, -0.2) is 21.5 Å². The summed E-state index contributed by atoms with van der Waals surface area (Å²) in [6, 6.07) is 14.8. The molecule has 2 aromatic carbocycles. The molecule has 152 valence electrons. The van der Waals surface area contributed by atoms with Crippen LogP contribution >= 0.6 is 0 Å². The van der Waals surface area contributed by atoms with Gasteiger partial charge >= 0.3 is 5.97 Å². The fraction of sp³-hybridized carbons (Fsp3) is 0.409. The summed E-state index contributed by atoms with van der Waals surface area (Å²) in [5.41, 5.74) is 1.97. The van der Waals surface area contributed by atoms with Gasteiger partial charge in [0.2, 0.25) is 0 Å². The number of carbonyl (C=O) groups is 1. The molecule has 0 aromatic heterocycles. The van der Waals surface area contributed by atoms with E-state index >= 15 is 0 Å². The highest BCUT2D eigenvalue weighted by Crippen LogP contribution is 2.27. The SMILES string of the molecule is CCOC(=O)C[C@H](N[S@](=O)C(C)(C)C)c1cccc(Oc2ccc(C)cc2)c1. The molecule has 0 saturated carbocycles. The third kappa shape index (κ3) is 6.77. The van der Waals surface area contributed by atoms with E-state index in [1.165, 1.54) is 0 Å². The molecule has 0 fully saturated rings. The molecule has 28 heavy (non-hydrogen) atoms. The first-order valence-electron chi connectivity index (χ1n) is 9.37. The molecule has 2 rings (SSSR count). The molecule has 0 spiro atoms. The van der Waals surface area contributed by atoms with Gasteiger partial charge in [-0.3, -0.25) is 4.79 Å². The zero-order valence-corrected chi connectivity index (χ0v) is 18.0. The third-order valence-electron chi connectivity index (χ3n) is 4.00. The van der Waals surface area contributed by atoms with Crippen LogP contribution in [0.15, 0.2) is 48.5 Å². The molecule has 0 radical (unpaired) electrons. The standard InChI is InChI=1S/C22H29NO4S/c1-6-26-21(24)15-20(23-28(25)22(3,4)5)17-8-7-9-19(14-17)27-18-12-10-16(2)11-13-18/h7-14,20,23H,6,15H2,1-5H3/t20-,28+/m0/s1. The minimum Gasteiger partial charge on any atom is -0.466 e. The van der Waals surface area contributed by atoms with Gasteiger partial charge < -0.3 is 9.47 Å². The minimum absolute atomic E-state index is 0.0869. The van der Waals surface area contributed by atoms with Crippen molar-refractivity contribution in [3.05, 3.63) is 59.7 Å². The van der Waals surface area contributed by atoms with Gasteiger partial charge in [0.05, 0.1) is 34.8 Å². The van der Waals surface area contributed by atoms with E-state index < -0.39 is 21.8 Å². The van der Waals surface area contributed by atoms with Crippen LogP contribution in [0.5, 0.6) is 11.5 Å². The van der Waals surface area contributed by atoms with E-state index in [1.54, 1.807) is 6.92 Å². The molecule has 0 saturated heterocycles. The molecule has 1 N–H and O–H groups in total. The highest BCUT2D eigenvalue weighted by Gasteiger charge is 2.26. The summed E-state index contributed by atoms with van der Waals surface area (Å²) in [6.45, 7) is 9.75. The number of aryl methyl sites for hydroxylation is 1. The lowest BCUT2D eigenvalue weighted by molar-refractivity contribution is -0.143. The average molecular weight is 404 g/mol. The van der Waals surface area contributed by atoms with E-state index in [2.05, 4.69) is 4.72 Å². The molecule has 0 aliphatic carbocycles.